The predicted molar refractivity (Wildman–Crippen MR) is 141 cm³/mol. The number of rotatable bonds is 7. The van der Waals surface area contributed by atoms with Crippen LogP contribution in [0.25, 0.3) is 0 Å². The van der Waals surface area contributed by atoms with Crippen molar-refractivity contribution >= 4 is 48.0 Å². The first-order chi connectivity index (χ1) is 14.3. The zero-order valence-electron chi connectivity index (χ0n) is 17.6. The van der Waals surface area contributed by atoms with E-state index in [0.29, 0.717) is 6.61 Å². The van der Waals surface area contributed by atoms with Gasteiger partial charge in [-0.2, -0.15) is 0 Å². The van der Waals surface area contributed by atoms with E-state index >= 15 is 0 Å². The summed E-state index contributed by atoms with van der Waals surface area (Å²) in [5.41, 5.74) is 1.33. The molecule has 0 spiro atoms. The molecule has 0 saturated carbocycles. The molecule has 0 amide bonds. The maximum Gasteiger partial charge on any atom is 0.119 e. The molecule has 31 heavy (non-hydrogen) atoms. The second kappa shape index (κ2) is 11.9. The molecule has 0 aliphatic heterocycles. The third-order valence-electron chi connectivity index (χ3n) is 5.25. The number of benzene rings is 4. The summed E-state index contributed by atoms with van der Waals surface area (Å²) in [6, 6.07) is 41.7. The average molecular weight is 470 g/mol. The first-order valence-electron chi connectivity index (χ1n) is 10.1. The highest BCUT2D eigenvalue weighted by Gasteiger charge is 2.45. The van der Waals surface area contributed by atoms with Crippen molar-refractivity contribution < 1.29 is 4.74 Å². The molecule has 0 saturated heterocycles. The van der Waals surface area contributed by atoms with Gasteiger partial charge in [0.15, 0.2) is 0 Å². The topological polar surface area (TPSA) is 9.23 Å². The molecule has 160 valence electrons. The van der Waals surface area contributed by atoms with E-state index in [1.807, 2.05) is 6.92 Å². The molecule has 0 aliphatic carbocycles. The Morgan fingerprint density at radius 2 is 0.935 bits per heavy atom. The Balaban J connectivity index is 0.00000171. The van der Waals surface area contributed by atoms with E-state index in [1.165, 1.54) is 21.5 Å². The number of halogens is 2. The van der Waals surface area contributed by atoms with Crippen molar-refractivity contribution in [1.29, 1.82) is 0 Å². The van der Waals surface area contributed by atoms with Crippen LogP contribution in [0.15, 0.2) is 115 Å². The smallest absolute Gasteiger partial charge is 0.119 e. The molecule has 0 aromatic heterocycles. The highest BCUT2D eigenvalue weighted by atomic mass is 35.5. The fourth-order valence-electron chi connectivity index (χ4n) is 3.90. The minimum absolute atomic E-state index is 0. The highest BCUT2D eigenvalue weighted by molar-refractivity contribution is 7.95. The summed E-state index contributed by atoms with van der Waals surface area (Å²) >= 11 is 0. The van der Waals surface area contributed by atoms with Gasteiger partial charge < -0.3 is 4.74 Å². The second-order valence-electron chi connectivity index (χ2n) is 7.05. The largest absolute Gasteiger partial charge is 0.494 e. The van der Waals surface area contributed by atoms with E-state index in [1.54, 1.807) is 0 Å². The Hall–Kier alpha value is -2.31. The first kappa shape index (κ1) is 25.0. The van der Waals surface area contributed by atoms with Gasteiger partial charge in [0.2, 0.25) is 0 Å². The van der Waals surface area contributed by atoms with Gasteiger partial charge in [-0.25, -0.2) is 0 Å². The molecule has 4 aromatic carbocycles. The summed E-state index contributed by atoms with van der Waals surface area (Å²) < 4.78 is 5.65. The Bertz CT molecular complexity index is 926. The molecule has 0 heterocycles. The second-order valence-corrected chi connectivity index (χ2v) is 10.5. The van der Waals surface area contributed by atoms with Crippen LogP contribution in [0.3, 0.4) is 0 Å². The molecule has 4 aromatic rings. The first-order valence-corrected chi connectivity index (χ1v) is 12.1. The van der Waals surface area contributed by atoms with Crippen LogP contribution in [0.5, 0.6) is 5.75 Å². The fraction of sp³-hybridized carbons (Fsp3) is 0.111. The van der Waals surface area contributed by atoms with Crippen molar-refractivity contribution in [3.05, 3.63) is 121 Å². The lowest BCUT2D eigenvalue weighted by Gasteiger charge is -2.28. The third-order valence-corrected chi connectivity index (χ3v) is 9.62. The minimum atomic E-state index is -1.85. The summed E-state index contributed by atoms with van der Waals surface area (Å²) in [5.74, 6) is 0.930. The Morgan fingerprint density at radius 3 is 1.29 bits per heavy atom. The van der Waals surface area contributed by atoms with Gasteiger partial charge in [-0.15, -0.1) is 24.8 Å². The van der Waals surface area contributed by atoms with Crippen LogP contribution in [0.2, 0.25) is 0 Å². The quantitative estimate of drug-likeness (QED) is 0.283. The van der Waals surface area contributed by atoms with Gasteiger partial charge in [0.05, 0.1) is 12.8 Å². The van der Waals surface area contributed by atoms with Gasteiger partial charge in [-0.3, -0.25) is 0 Å². The maximum absolute atomic E-state index is 5.65. The van der Waals surface area contributed by atoms with Gasteiger partial charge in [-0.05, 0) is 61.0 Å². The monoisotopic (exact) mass is 469 g/mol. The van der Waals surface area contributed by atoms with Crippen molar-refractivity contribution in [2.75, 3.05) is 6.61 Å². The number of hydrogen-bond acceptors (Lipinski definition) is 1. The normalized spacial score (nSPS) is 10.5. The predicted octanol–water partition coefficient (Wildman–Crippen LogP) is 6.42. The van der Waals surface area contributed by atoms with Gasteiger partial charge in [0.1, 0.15) is 28.9 Å². The van der Waals surface area contributed by atoms with Crippen LogP contribution >= 0.6 is 32.1 Å². The minimum Gasteiger partial charge on any atom is -0.494 e. The van der Waals surface area contributed by atoms with E-state index in [2.05, 4.69) is 115 Å². The summed E-state index contributed by atoms with van der Waals surface area (Å²) in [4.78, 5) is 0. The Labute approximate surface area is 198 Å². The zero-order valence-corrected chi connectivity index (χ0v) is 20.1. The molecule has 0 atom stereocenters. The van der Waals surface area contributed by atoms with E-state index in [0.717, 1.165) is 11.9 Å². The fourth-order valence-corrected chi connectivity index (χ4v) is 8.14. The Kier molecular flexibility index (Phi) is 9.59. The lowest BCUT2D eigenvalue weighted by molar-refractivity contribution is 0.340. The molecule has 0 radical (unpaired) electrons. The maximum atomic E-state index is 5.65. The van der Waals surface area contributed by atoms with Crippen LogP contribution in [0.1, 0.15) is 12.5 Å². The van der Waals surface area contributed by atoms with Crippen LogP contribution < -0.4 is 20.7 Å². The van der Waals surface area contributed by atoms with Crippen LogP contribution in [0.4, 0.5) is 0 Å². The highest BCUT2D eigenvalue weighted by Crippen LogP contribution is 2.58. The molecule has 0 N–H and O–H groups in total. The van der Waals surface area contributed by atoms with Crippen molar-refractivity contribution in [3.63, 3.8) is 0 Å². The molecule has 0 unspecified atom stereocenters. The SMILES string of the molecule is CCOc1ccc(C[P+](c2ccccc2)(c2ccccc2)c2ccccc2)cc1.Cl.Cl. The van der Waals surface area contributed by atoms with Crippen molar-refractivity contribution in [2.24, 2.45) is 0 Å². The van der Waals surface area contributed by atoms with Gasteiger partial charge in [-0.1, -0.05) is 66.7 Å². The molecular formula is C27H28Cl2OP+. The Morgan fingerprint density at radius 1 is 0.548 bits per heavy atom. The van der Waals surface area contributed by atoms with Crippen LogP contribution in [-0.2, 0) is 6.16 Å². The molecule has 0 aliphatic rings. The standard InChI is InChI=1S/C27H26OP.2ClH/c1-2-28-24-20-18-23(19-21-24)22-29(25-12-6-3-7-13-25,26-14-8-4-9-15-26)27-16-10-5-11-17-27;;/h3-21H,2,22H2,1H3;2*1H/q+1;;. The van der Waals surface area contributed by atoms with E-state index < -0.39 is 7.26 Å². The molecular weight excluding hydrogens is 442 g/mol. The molecule has 0 bridgehead atoms. The molecule has 0 fully saturated rings. The summed E-state index contributed by atoms with van der Waals surface area (Å²) in [7, 11) is -1.85. The van der Waals surface area contributed by atoms with Crippen molar-refractivity contribution in [1.82, 2.24) is 0 Å². The third kappa shape index (κ3) is 5.49. The molecule has 4 rings (SSSR count). The van der Waals surface area contributed by atoms with E-state index in [9.17, 15) is 0 Å². The lowest BCUT2D eigenvalue weighted by atomic mass is 10.2. The van der Waals surface area contributed by atoms with Crippen molar-refractivity contribution in [2.45, 2.75) is 13.1 Å². The van der Waals surface area contributed by atoms with E-state index in [-0.39, 0.29) is 24.8 Å². The zero-order chi connectivity index (χ0) is 19.9. The summed E-state index contributed by atoms with van der Waals surface area (Å²) in [6.07, 6.45) is 0.984. The molecule has 4 heteroatoms. The summed E-state index contributed by atoms with van der Waals surface area (Å²) in [6.45, 7) is 2.71. The van der Waals surface area contributed by atoms with Crippen LogP contribution in [-0.4, -0.2) is 6.61 Å². The number of ether oxygens (including phenoxy) is 1. The van der Waals surface area contributed by atoms with E-state index in [4.69, 9.17) is 4.74 Å². The van der Waals surface area contributed by atoms with Crippen LogP contribution in [0, 0.1) is 0 Å². The molecule has 1 nitrogen and oxygen atoms in total. The van der Waals surface area contributed by atoms with Gasteiger partial charge >= 0.3 is 0 Å². The number of hydrogen-bond donors (Lipinski definition) is 0. The van der Waals surface area contributed by atoms with Crippen molar-refractivity contribution in [3.8, 4) is 5.75 Å². The lowest BCUT2D eigenvalue weighted by Crippen LogP contribution is -2.32. The van der Waals surface area contributed by atoms with Gasteiger partial charge in [0, 0.05) is 0 Å². The van der Waals surface area contributed by atoms with Gasteiger partial charge in [0.25, 0.3) is 0 Å². The summed E-state index contributed by atoms with van der Waals surface area (Å²) in [5, 5.41) is 4.23. The average Bonchev–Trinajstić information content (AvgIpc) is 2.80.